The van der Waals surface area contributed by atoms with Crippen LogP contribution in [0.4, 0.5) is 18.9 Å². The van der Waals surface area contributed by atoms with Gasteiger partial charge in [0.2, 0.25) is 5.91 Å². The van der Waals surface area contributed by atoms with E-state index in [0.29, 0.717) is 5.06 Å². The number of carbonyl (C=O) groups excluding carboxylic acids is 2. The van der Waals surface area contributed by atoms with Gasteiger partial charge in [0.15, 0.2) is 6.10 Å². The molecule has 2 fully saturated rings. The molecule has 1 aromatic rings. The topological polar surface area (TPSA) is 49.9 Å². The average molecular weight is 300 g/mol. The Labute approximate surface area is 117 Å². The molecule has 0 unspecified atom stereocenters. The van der Waals surface area contributed by atoms with Crippen LogP contribution in [0.5, 0.6) is 0 Å². The van der Waals surface area contributed by atoms with Crippen LogP contribution < -0.4 is 4.90 Å². The number of amides is 2. The lowest BCUT2D eigenvalue weighted by molar-refractivity contribution is -0.234. The molecule has 0 spiro atoms. The number of alkyl halides is 3. The lowest BCUT2D eigenvalue weighted by Crippen LogP contribution is -2.46. The third-order valence-corrected chi connectivity index (χ3v) is 3.66. The zero-order chi connectivity index (χ0) is 15.4. The van der Waals surface area contributed by atoms with Gasteiger partial charge >= 0.3 is 6.18 Å². The fourth-order valence-electron chi connectivity index (χ4n) is 2.79. The van der Waals surface area contributed by atoms with Crippen molar-refractivity contribution >= 4 is 17.5 Å². The first-order chi connectivity index (χ1) is 9.82. The Hall–Kier alpha value is -1.93. The van der Waals surface area contributed by atoms with Gasteiger partial charge in [-0.3, -0.25) is 14.4 Å². The van der Waals surface area contributed by atoms with Gasteiger partial charge in [-0.25, -0.2) is 4.90 Å². The SMILES string of the molecule is CN1O[C@@H]2C(=O)N(c3ccccc3)C(=O)[C@@H]2[C@H]1C(F)(F)F. The Bertz CT molecular complexity index is 590. The molecule has 0 aliphatic carbocycles. The van der Waals surface area contributed by atoms with E-state index in [1.165, 1.54) is 12.1 Å². The molecule has 1 aromatic carbocycles. The van der Waals surface area contributed by atoms with Crippen LogP contribution in [0.3, 0.4) is 0 Å². The van der Waals surface area contributed by atoms with E-state index in [9.17, 15) is 22.8 Å². The highest BCUT2D eigenvalue weighted by Crippen LogP contribution is 2.43. The number of carbonyl (C=O) groups is 2. The molecule has 2 saturated heterocycles. The summed E-state index contributed by atoms with van der Waals surface area (Å²) in [6.45, 7) is 0. The number of hydrogen-bond donors (Lipinski definition) is 0. The third-order valence-electron chi connectivity index (χ3n) is 3.66. The van der Waals surface area contributed by atoms with E-state index in [-0.39, 0.29) is 5.69 Å². The van der Waals surface area contributed by atoms with Crippen molar-refractivity contribution in [1.82, 2.24) is 5.06 Å². The van der Waals surface area contributed by atoms with Crippen molar-refractivity contribution in [3.63, 3.8) is 0 Å². The normalized spacial score (nSPS) is 30.1. The maximum absolute atomic E-state index is 13.1. The predicted molar refractivity (Wildman–Crippen MR) is 64.9 cm³/mol. The second kappa shape index (κ2) is 4.54. The van der Waals surface area contributed by atoms with Crippen LogP contribution in [0, 0.1) is 5.92 Å². The summed E-state index contributed by atoms with van der Waals surface area (Å²) in [6, 6.07) is 5.73. The van der Waals surface area contributed by atoms with Gasteiger partial charge in [-0.05, 0) is 12.1 Å². The van der Waals surface area contributed by atoms with Gasteiger partial charge in [-0.15, -0.1) is 0 Å². The van der Waals surface area contributed by atoms with Crippen LogP contribution in [0.15, 0.2) is 30.3 Å². The minimum absolute atomic E-state index is 0.245. The van der Waals surface area contributed by atoms with Gasteiger partial charge in [0.05, 0.1) is 5.69 Å². The molecule has 2 aliphatic rings. The minimum Gasteiger partial charge on any atom is -0.284 e. The Morgan fingerprint density at radius 1 is 1.10 bits per heavy atom. The number of para-hydroxylation sites is 1. The summed E-state index contributed by atoms with van der Waals surface area (Å²) in [7, 11) is 1.07. The van der Waals surface area contributed by atoms with E-state index in [4.69, 9.17) is 4.84 Å². The second-order valence-electron chi connectivity index (χ2n) is 4.93. The Morgan fingerprint density at radius 2 is 1.71 bits per heavy atom. The summed E-state index contributed by atoms with van der Waals surface area (Å²) >= 11 is 0. The highest BCUT2D eigenvalue weighted by Gasteiger charge is 2.66. The van der Waals surface area contributed by atoms with Crippen molar-refractivity contribution in [3.8, 4) is 0 Å². The molecule has 2 aliphatic heterocycles. The zero-order valence-electron chi connectivity index (χ0n) is 10.9. The largest absolute Gasteiger partial charge is 0.407 e. The van der Waals surface area contributed by atoms with Crippen LogP contribution in [0.2, 0.25) is 0 Å². The lowest BCUT2D eigenvalue weighted by Gasteiger charge is -2.25. The van der Waals surface area contributed by atoms with E-state index in [2.05, 4.69) is 0 Å². The molecule has 0 saturated carbocycles. The maximum atomic E-state index is 13.1. The molecular weight excluding hydrogens is 289 g/mol. The van der Waals surface area contributed by atoms with E-state index in [1.54, 1.807) is 18.2 Å². The molecule has 2 heterocycles. The first-order valence-corrected chi connectivity index (χ1v) is 6.21. The van der Waals surface area contributed by atoms with Gasteiger partial charge in [-0.1, -0.05) is 18.2 Å². The molecule has 3 atom stereocenters. The number of benzene rings is 1. The van der Waals surface area contributed by atoms with Gasteiger partial charge in [0.25, 0.3) is 5.91 Å². The fourth-order valence-corrected chi connectivity index (χ4v) is 2.79. The first kappa shape index (κ1) is 14.0. The van der Waals surface area contributed by atoms with Gasteiger partial charge < -0.3 is 0 Å². The Kier molecular flexibility index (Phi) is 3.03. The number of rotatable bonds is 1. The molecule has 2 amide bonds. The Balaban J connectivity index is 1.99. The van der Waals surface area contributed by atoms with Crippen LogP contribution in [0.1, 0.15) is 0 Å². The van der Waals surface area contributed by atoms with Crippen LogP contribution in [-0.4, -0.2) is 42.2 Å². The molecular formula is C13H11F3N2O3. The molecule has 21 heavy (non-hydrogen) atoms. The van der Waals surface area contributed by atoms with Crippen molar-refractivity contribution < 1.29 is 27.6 Å². The number of imide groups is 1. The highest BCUT2D eigenvalue weighted by atomic mass is 19.4. The summed E-state index contributed by atoms with van der Waals surface area (Å²) in [5.41, 5.74) is 0.245. The molecule has 0 N–H and O–H groups in total. The first-order valence-electron chi connectivity index (χ1n) is 6.21. The summed E-state index contributed by atoms with van der Waals surface area (Å²) in [6.07, 6.45) is -6.08. The highest BCUT2D eigenvalue weighted by molar-refractivity contribution is 6.23. The fraction of sp³-hybridized carbons (Fsp3) is 0.385. The number of halogens is 3. The van der Waals surface area contributed by atoms with E-state index in [1.807, 2.05) is 0 Å². The average Bonchev–Trinajstić information content (AvgIpc) is 2.87. The maximum Gasteiger partial charge on any atom is 0.407 e. The van der Waals surface area contributed by atoms with E-state index >= 15 is 0 Å². The number of hydroxylamine groups is 2. The van der Waals surface area contributed by atoms with Crippen molar-refractivity contribution in [2.24, 2.45) is 5.92 Å². The molecule has 5 nitrogen and oxygen atoms in total. The third kappa shape index (κ3) is 2.02. The molecule has 112 valence electrons. The molecule has 3 rings (SSSR count). The smallest absolute Gasteiger partial charge is 0.284 e. The van der Waals surface area contributed by atoms with Crippen LogP contribution in [-0.2, 0) is 14.4 Å². The van der Waals surface area contributed by atoms with Crippen molar-refractivity contribution in [3.05, 3.63) is 30.3 Å². The molecule has 8 heteroatoms. The van der Waals surface area contributed by atoms with Crippen molar-refractivity contribution in [2.45, 2.75) is 18.3 Å². The summed E-state index contributed by atoms with van der Waals surface area (Å²) < 4.78 is 39.2. The van der Waals surface area contributed by atoms with Crippen LogP contribution >= 0.6 is 0 Å². The Morgan fingerprint density at radius 3 is 2.29 bits per heavy atom. The molecule has 0 radical (unpaired) electrons. The van der Waals surface area contributed by atoms with Gasteiger partial charge in [0, 0.05) is 7.05 Å². The summed E-state index contributed by atoms with van der Waals surface area (Å²) in [5, 5.41) is 0.549. The summed E-state index contributed by atoms with van der Waals surface area (Å²) in [5.74, 6) is -3.22. The second-order valence-corrected chi connectivity index (χ2v) is 4.93. The molecule has 0 aromatic heterocycles. The number of anilines is 1. The minimum atomic E-state index is -4.66. The number of nitrogens with zero attached hydrogens (tertiary/aromatic N) is 2. The molecule has 0 bridgehead atoms. The van der Waals surface area contributed by atoms with Gasteiger partial charge in [-0.2, -0.15) is 18.2 Å². The quantitative estimate of drug-likeness (QED) is 0.735. The predicted octanol–water partition coefficient (Wildman–Crippen LogP) is 1.35. The number of fused-ring (bicyclic) bond motifs is 1. The standard InChI is InChI=1S/C13H11F3N2O3/c1-17-10(13(14,15)16)8-9(21-17)12(20)18(11(8)19)7-5-3-2-4-6-7/h2-6,8-10H,1H3/t8-,9-,10-/m0/s1. The van der Waals surface area contributed by atoms with Crippen molar-refractivity contribution in [1.29, 1.82) is 0 Å². The number of hydrogen-bond acceptors (Lipinski definition) is 4. The van der Waals surface area contributed by atoms with E-state index in [0.717, 1.165) is 11.9 Å². The van der Waals surface area contributed by atoms with Crippen molar-refractivity contribution in [2.75, 3.05) is 11.9 Å². The van der Waals surface area contributed by atoms with Gasteiger partial charge in [0.1, 0.15) is 12.0 Å². The monoisotopic (exact) mass is 300 g/mol. The van der Waals surface area contributed by atoms with E-state index < -0.39 is 36.1 Å². The summed E-state index contributed by atoms with van der Waals surface area (Å²) in [4.78, 5) is 30.2. The zero-order valence-corrected chi connectivity index (χ0v) is 10.9. The lowest BCUT2D eigenvalue weighted by atomic mass is 9.96. The van der Waals surface area contributed by atoms with Crippen LogP contribution in [0.25, 0.3) is 0 Å².